The summed E-state index contributed by atoms with van der Waals surface area (Å²) in [7, 11) is 4.88. The van der Waals surface area contributed by atoms with E-state index < -0.39 is 0 Å². The van der Waals surface area contributed by atoms with Crippen LogP contribution in [0.25, 0.3) is 0 Å². The molecule has 0 aliphatic rings. The Labute approximate surface area is 106 Å². The number of rotatable bonds is 5. The van der Waals surface area contributed by atoms with Crippen molar-refractivity contribution in [3.8, 4) is 11.5 Å². The van der Waals surface area contributed by atoms with Gasteiger partial charge in [-0.15, -0.1) is 11.6 Å². The molecule has 0 fully saturated rings. The lowest BCUT2D eigenvalue weighted by molar-refractivity contribution is -0.127. The van der Waals surface area contributed by atoms with E-state index in [4.69, 9.17) is 21.1 Å². The lowest BCUT2D eigenvalue weighted by Gasteiger charge is -2.17. The summed E-state index contributed by atoms with van der Waals surface area (Å²) in [5.41, 5.74) is 0.933. The minimum absolute atomic E-state index is 0.0163. The molecule has 0 saturated heterocycles. The number of carbonyl (C=O) groups excluding carboxylic acids is 1. The number of benzene rings is 1. The van der Waals surface area contributed by atoms with Gasteiger partial charge in [-0.05, 0) is 17.7 Å². The van der Waals surface area contributed by atoms with E-state index in [1.807, 2.05) is 12.1 Å². The van der Waals surface area contributed by atoms with Crippen molar-refractivity contribution in [2.45, 2.75) is 6.54 Å². The first-order valence-electron chi connectivity index (χ1n) is 5.12. The molecule has 1 amide bonds. The standard InChI is InChI=1S/C12H16ClNO3/c1-14(12(15)7-13)8-9-4-10(16-2)6-11(5-9)17-3/h4-6H,7-8H2,1-3H3. The van der Waals surface area contributed by atoms with Gasteiger partial charge in [0, 0.05) is 19.7 Å². The molecule has 0 aliphatic carbocycles. The zero-order valence-corrected chi connectivity index (χ0v) is 11.0. The average Bonchev–Trinajstić information content (AvgIpc) is 2.36. The molecular weight excluding hydrogens is 242 g/mol. The second-order valence-corrected chi connectivity index (χ2v) is 3.87. The van der Waals surface area contributed by atoms with Crippen LogP contribution >= 0.6 is 11.6 Å². The molecule has 0 saturated carbocycles. The van der Waals surface area contributed by atoms with Gasteiger partial charge in [0.25, 0.3) is 0 Å². The molecule has 0 spiro atoms. The van der Waals surface area contributed by atoms with E-state index in [-0.39, 0.29) is 11.8 Å². The van der Waals surface area contributed by atoms with Crippen LogP contribution in [0.4, 0.5) is 0 Å². The first kappa shape index (κ1) is 13.6. The summed E-state index contributed by atoms with van der Waals surface area (Å²) < 4.78 is 10.3. The lowest BCUT2D eigenvalue weighted by atomic mass is 10.2. The molecule has 0 bridgehead atoms. The van der Waals surface area contributed by atoms with Crippen LogP contribution in [0.15, 0.2) is 18.2 Å². The summed E-state index contributed by atoms with van der Waals surface area (Å²) in [6.07, 6.45) is 0. The monoisotopic (exact) mass is 257 g/mol. The molecule has 4 nitrogen and oxygen atoms in total. The summed E-state index contributed by atoms with van der Waals surface area (Å²) in [6, 6.07) is 5.51. The first-order valence-corrected chi connectivity index (χ1v) is 5.66. The molecule has 0 atom stereocenters. The molecule has 1 rings (SSSR count). The van der Waals surface area contributed by atoms with Gasteiger partial charge in [0.2, 0.25) is 5.91 Å². The van der Waals surface area contributed by atoms with E-state index in [1.54, 1.807) is 32.2 Å². The van der Waals surface area contributed by atoms with Crippen LogP contribution in [-0.2, 0) is 11.3 Å². The fraction of sp³-hybridized carbons (Fsp3) is 0.417. The van der Waals surface area contributed by atoms with Gasteiger partial charge in [0.1, 0.15) is 17.4 Å². The number of nitrogens with zero attached hydrogens (tertiary/aromatic N) is 1. The van der Waals surface area contributed by atoms with Crippen molar-refractivity contribution in [3.63, 3.8) is 0 Å². The topological polar surface area (TPSA) is 38.8 Å². The highest BCUT2D eigenvalue weighted by Gasteiger charge is 2.09. The van der Waals surface area contributed by atoms with Crippen LogP contribution in [0.3, 0.4) is 0 Å². The van der Waals surface area contributed by atoms with Crippen LogP contribution in [-0.4, -0.2) is 38.0 Å². The number of hydrogen-bond acceptors (Lipinski definition) is 3. The fourth-order valence-corrected chi connectivity index (χ4v) is 1.63. The Morgan fingerprint density at radius 1 is 1.24 bits per heavy atom. The second-order valence-electron chi connectivity index (χ2n) is 3.60. The normalized spacial score (nSPS) is 9.88. The van der Waals surface area contributed by atoms with Crippen molar-refractivity contribution < 1.29 is 14.3 Å². The SMILES string of the molecule is COc1cc(CN(C)C(=O)CCl)cc(OC)c1. The number of methoxy groups -OCH3 is 2. The van der Waals surface area contributed by atoms with Crippen molar-refractivity contribution in [1.82, 2.24) is 4.90 Å². The van der Waals surface area contributed by atoms with Crippen molar-refractivity contribution >= 4 is 17.5 Å². The molecule has 0 aromatic heterocycles. The van der Waals surface area contributed by atoms with E-state index in [0.29, 0.717) is 18.0 Å². The fourth-order valence-electron chi connectivity index (χ4n) is 1.42. The van der Waals surface area contributed by atoms with Crippen LogP contribution < -0.4 is 9.47 Å². The Kier molecular flexibility index (Phi) is 5.10. The molecule has 1 aromatic carbocycles. The van der Waals surface area contributed by atoms with Crippen molar-refractivity contribution in [1.29, 1.82) is 0 Å². The van der Waals surface area contributed by atoms with Gasteiger partial charge in [-0.1, -0.05) is 0 Å². The predicted molar refractivity (Wildman–Crippen MR) is 66.7 cm³/mol. The summed E-state index contributed by atoms with van der Waals surface area (Å²) in [4.78, 5) is 12.9. The van der Waals surface area contributed by atoms with E-state index in [0.717, 1.165) is 5.56 Å². The highest BCUT2D eigenvalue weighted by molar-refractivity contribution is 6.27. The highest BCUT2D eigenvalue weighted by atomic mass is 35.5. The predicted octanol–water partition coefficient (Wildman–Crippen LogP) is 1.90. The zero-order chi connectivity index (χ0) is 12.8. The number of alkyl halides is 1. The highest BCUT2D eigenvalue weighted by Crippen LogP contribution is 2.23. The largest absolute Gasteiger partial charge is 0.497 e. The maximum atomic E-state index is 11.4. The quantitative estimate of drug-likeness (QED) is 0.757. The minimum atomic E-state index is -0.117. The summed E-state index contributed by atoms with van der Waals surface area (Å²) in [5, 5.41) is 0. The lowest BCUT2D eigenvalue weighted by Crippen LogP contribution is -2.27. The molecule has 1 aromatic rings. The van der Waals surface area contributed by atoms with Crippen molar-refractivity contribution in [2.24, 2.45) is 0 Å². The molecule has 94 valence electrons. The Balaban J connectivity index is 2.86. The Morgan fingerprint density at radius 3 is 2.18 bits per heavy atom. The first-order chi connectivity index (χ1) is 8.10. The third kappa shape index (κ3) is 3.82. The van der Waals surface area contributed by atoms with Crippen LogP contribution in [0.2, 0.25) is 0 Å². The van der Waals surface area contributed by atoms with Gasteiger partial charge in [-0.2, -0.15) is 0 Å². The van der Waals surface area contributed by atoms with Crippen LogP contribution in [0.1, 0.15) is 5.56 Å². The summed E-state index contributed by atoms with van der Waals surface area (Å²) >= 11 is 5.49. The van der Waals surface area contributed by atoms with Crippen molar-refractivity contribution in [3.05, 3.63) is 23.8 Å². The van der Waals surface area contributed by atoms with Gasteiger partial charge < -0.3 is 14.4 Å². The molecular formula is C12H16ClNO3. The van der Waals surface area contributed by atoms with Gasteiger partial charge in [0.05, 0.1) is 14.2 Å². The number of hydrogen-bond donors (Lipinski definition) is 0. The second kappa shape index (κ2) is 6.35. The number of amides is 1. The van der Waals surface area contributed by atoms with Gasteiger partial charge in [-0.3, -0.25) is 4.79 Å². The van der Waals surface area contributed by atoms with E-state index in [2.05, 4.69) is 0 Å². The molecule has 17 heavy (non-hydrogen) atoms. The van der Waals surface area contributed by atoms with E-state index >= 15 is 0 Å². The Bertz CT molecular complexity index is 373. The Morgan fingerprint density at radius 2 is 1.76 bits per heavy atom. The maximum Gasteiger partial charge on any atom is 0.237 e. The van der Waals surface area contributed by atoms with Crippen LogP contribution in [0.5, 0.6) is 11.5 Å². The van der Waals surface area contributed by atoms with Gasteiger partial charge in [-0.25, -0.2) is 0 Å². The molecule has 0 N–H and O–H groups in total. The number of ether oxygens (including phenoxy) is 2. The van der Waals surface area contributed by atoms with Gasteiger partial charge in [0.15, 0.2) is 0 Å². The number of carbonyl (C=O) groups is 1. The smallest absolute Gasteiger partial charge is 0.237 e. The van der Waals surface area contributed by atoms with Crippen molar-refractivity contribution in [2.75, 3.05) is 27.1 Å². The van der Waals surface area contributed by atoms with Gasteiger partial charge >= 0.3 is 0 Å². The van der Waals surface area contributed by atoms with E-state index in [9.17, 15) is 4.79 Å². The molecule has 0 unspecified atom stereocenters. The molecule has 0 aliphatic heterocycles. The number of halogens is 1. The third-order valence-corrected chi connectivity index (χ3v) is 2.60. The Hall–Kier alpha value is -1.42. The molecule has 0 radical (unpaired) electrons. The average molecular weight is 258 g/mol. The summed E-state index contributed by atoms with van der Waals surface area (Å²) in [6.45, 7) is 0.471. The molecule has 5 heteroatoms. The molecule has 0 heterocycles. The van der Waals surface area contributed by atoms with E-state index in [1.165, 1.54) is 0 Å². The summed E-state index contributed by atoms with van der Waals surface area (Å²) in [5.74, 6) is 1.27. The maximum absolute atomic E-state index is 11.4. The zero-order valence-electron chi connectivity index (χ0n) is 10.2. The van der Waals surface area contributed by atoms with Crippen LogP contribution in [0, 0.1) is 0 Å². The minimum Gasteiger partial charge on any atom is -0.497 e. The third-order valence-electron chi connectivity index (χ3n) is 2.37.